The van der Waals surface area contributed by atoms with Crippen molar-refractivity contribution >= 4 is 66.6 Å². The number of nitrogens with zero attached hydrogens (tertiary/aromatic N) is 5. The second kappa shape index (κ2) is 10.7. The number of aromatic carboxylic acids is 1. The summed E-state index contributed by atoms with van der Waals surface area (Å²) in [6.45, 7) is 0. The summed E-state index contributed by atoms with van der Waals surface area (Å²) in [6.07, 6.45) is 1.11. The monoisotopic (exact) mass is 632 g/mol. The third-order valence-corrected chi connectivity index (χ3v) is 7.27. The molecule has 40 heavy (non-hydrogen) atoms. The minimum Gasteiger partial charge on any atom is -0.476 e. The van der Waals surface area contributed by atoms with E-state index in [-0.39, 0.29) is 21.9 Å². The number of para-hydroxylation sites is 1. The van der Waals surface area contributed by atoms with Crippen molar-refractivity contribution in [2.45, 2.75) is 9.79 Å². The van der Waals surface area contributed by atoms with Gasteiger partial charge >= 0.3 is 5.97 Å². The van der Waals surface area contributed by atoms with Gasteiger partial charge in [-0.3, -0.25) is 29.9 Å². The molecule has 21 heteroatoms. The molecule has 0 saturated heterocycles. The molecule has 0 saturated carbocycles. The maximum Gasteiger partial charge on any atom is 0.356 e. The van der Waals surface area contributed by atoms with Crippen LogP contribution in [-0.4, -0.2) is 61.3 Å². The first kappa shape index (κ1) is 28.7. The summed E-state index contributed by atoms with van der Waals surface area (Å²) in [7, 11) is -9.76. The summed E-state index contributed by atoms with van der Waals surface area (Å²) in [5.41, 5.74) is 0.893. The van der Waals surface area contributed by atoms with Crippen molar-refractivity contribution in [2.75, 3.05) is 10.9 Å². The van der Waals surface area contributed by atoms with Crippen LogP contribution in [0.1, 0.15) is 10.5 Å². The first-order chi connectivity index (χ1) is 18.7. The van der Waals surface area contributed by atoms with Gasteiger partial charge in [-0.15, -0.1) is 9.30 Å². The highest BCUT2D eigenvalue weighted by Crippen LogP contribution is 2.26. The van der Waals surface area contributed by atoms with E-state index in [0.29, 0.717) is 8.88 Å². The number of nitrogens with one attached hydrogen (secondary N) is 3. The predicted octanol–water partition coefficient (Wildman–Crippen LogP) is 1.28. The van der Waals surface area contributed by atoms with Gasteiger partial charge in [0.05, 0.1) is 23.3 Å². The molecule has 4 rings (SSSR count). The lowest BCUT2D eigenvalue weighted by molar-refractivity contribution is 0.0691. The number of anilines is 2. The van der Waals surface area contributed by atoms with Crippen LogP contribution in [0.5, 0.6) is 0 Å². The number of halogens is 2. The van der Waals surface area contributed by atoms with Gasteiger partial charge in [-0.05, 0) is 35.5 Å². The van der Waals surface area contributed by atoms with Crippen molar-refractivity contribution in [1.29, 1.82) is 0 Å². The molecule has 2 aromatic heterocycles. The van der Waals surface area contributed by atoms with Gasteiger partial charge in [0.1, 0.15) is 14.8 Å². The maximum atomic E-state index is 13.2. The molecule has 0 bridgehead atoms. The quantitative estimate of drug-likeness (QED) is 0.118. The molecular formula is C19H14Cl2N8O9S2. The van der Waals surface area contributed by atoms with Crippen LogP contribution in [0.2, 0.25) is 5.02 Å². The van der Waals surface area contributed by atoms with Crippen LogP contribution >= 0.6 is 23.4 Å². The van der Waals surface area contributed by atoms with Crippen molar-refractivity contribution in [2.24, 2.45) is 4.99 Å². The fourth-order valence-corrected chi connectivity index (χ4v) is 5.01. The number of rotatable bonds is 8. The molecule has 2 aromatic carbocycles. The first-order valence-corrected chi connectivity index (χ1v) is 13.9. The minimum atomic E-state index is -5.05. The topological polar surface area (TPSA) is 251 Å². The van der Waals surface area contributed by atoms with E-state index >= 15 is 0 Å². The number of carbonyl (C=O) groups is 1. The maximum absolute atomic E-state index is 13.2. The SMILES string of the molecule is O=C(O)c1[nH]n(-c2ccc(N=c3c(Cl)cnnn3Cl)cc2S(=O)(=O)O)c(=O)c1NNc1ccccc1S(=O)(=O)O. The van der Waals surface area contributed by atoms with E-state index < -0.39 is 58.6 Å². The van der Waals surface area contributed by atoms with Gasteiger partial charge in [-0.1, -0.05) is 23.7 Å². The third kappa shape index (κ3) is 5.83. The lowest BCUT2D eigenvalue weighted by atomic mass is 10.3. The highest BCUT2D eigenvalue weighted by Gasteiger charge is 2.26. The number of hydrogen-bond donors (Lipinski definition) is 6. The zero-order valence-electron chi connectivity index (χ0n) is 19.2. The van der Waals surface area contributed by atoms with E-state index in [9.17, 15) is 40.6 Å². The van der Waals surface area contributed by atoms with Crippen molar-refractivity contribution in [3.8, 4) is 5.69 Å². The lowest BCUT2D eigenvalue weighted by Crippen LogP contribution is -2.22. The van der Waals surface area contributed by atoms with Crippen LogP contribution in [0, 0.1) is 0 Å². The van der Waals surface area contributed by atoms with E-state index in [2.05, 4.69) is 31.3 Å². The Morgan fingerprint density at radius 1 is 1.02 bits per heavy atom. The predicted molar refractivity (Wildman–Crippen MR) is 138 cm³/mol. The molecule has 6 N–H and O–H groups in total. The van der Waals surface area contributed by atoms with E-state index in [4.69, 9.17) is 23.4 Å². The van der Waals surface area contributed by atoms with E-state index in [1.807, 2.05) is 0 Å². The van der Waals surface area contributed by atoms with Gasteiger partial charge in [0, 0.05) is 11.8 Å². The molecule has 2 heterocycles. The number of aromatic amines is 1. The second-order valence-corrected chi connectivity index (χ2v) is 11.0. The van der Waals surface area contributed by atoms with Crippen LogP contribution in [0.25, 0.3) is 5.69 Å². The minimum absolute atomic E-state index is 0.0621. The summed E-state index contributed by atoms with van der Waals surface area (Å²) in [5, 5.41) is 18.7. The average molecular weight is 633 g/mol. The Hall–Kier alpha value is -4.27. The zero-order valence-corrected chi connectivity index (χ0v) is 22.4. The van der Waals surface area contributed by atoms with Gasteiger partial charge < -0.3 is 5.11 Å². The first-order valence-electron chi connectivity index (χ1n) is 10.3. The van der Waals surface area contributed by atoms with Crippen LogP contribution in [-0.2, 0) is 20.2 Å². The van der Waals surface area contributed by atoms with Gasteiger partial charge in [0.2, 0.25) is 0 Å². The summed E-state index contributed by atoms with van der Waals surface area (Å²) >= 11 is 11.8. The molecule has 4 aromatic rings. The lowest BCUT2D eigenvalue weighted by Gasteiger charge is -2.11. The van der Waals surface area contributed by atoms with Crippen LogP contribution < -0.4 is 21.9 Å². The number of hydrazine groups is 1. The molecule has 0 amide bonds. The molecule has 210 valence electrons. The number of hydrogen-bond acceptors (Lipinski definition) is 11. The number of carboxylic acid groups (broad SMARTS) is 1. The summed E-state index contributed by atoms with van der Waals surface area (Å²) in [4.78, 5) is 27.6. The fourth-order valence-electron chi connectivity index (χ4n) is 3.29. The number of benzene rings is 2. The molecule has 0 atom stereocenters. The largest absolute Gasteiger partial charge is 0.476 e. The average Bonchev–Trinajstić information content (AvgIpc) is 3.20. The molecule has 0 aliphatic carbocycles. The van der Waals surface area contributed by atoms with Crippen LogP contribution in [0.4, 0.5) is 17.1 Å². The van der Waals surface area contributed by atoms with Crippen molar-refractivity contribution in [1.82, 2.24) is 24.3 Å². The smallest absolute Gasteiger partial charge is 0.356 e. The molecule has 17 nitrogen and oxygen atoms in total. The molecule has 0 aliphatic rings. The number of aromatic nitrogens is 5. The molecule has 0 unspecified atom stereocenters. The fraction of sp³-hybridized carbons (Fsp3) is 0. The van der Waals surface area contributed by atoms with Crippen molar-refractivity contribution in [3.63, 3.8) is 0 Å². The van der Waals surface area contributed by atoms with Gasteiger partial charge in [-0.2, -0.15) is 16.8 Å². The standard InChI is InChI=1S/C19H14Cl2N8O9S2/c20-10-8-22-27-29(21)17(10)23-9-5-6-12(14(7-9)40(36,37)38)28-18(30)15(16(26-28)19(31)32)25-24-11-3-1-2-4-13(11)39(33,34)35/h1-8,24-26H,(H,31,32)(H,33,34,35)(H,36,37,38). The molecular weight excluding hydrogens is 619 g/mol. The highest BCUT2D eigenvalue weighted by atomic mass is 35.5. The normalized spacial score (nSPS) is 12.3. The van der Waals surface area contributed by atoms with Crippen LogP contribution in [0.3, 0.4) is 0 Å². The van der Waals surface area contributed by atoms with Gasteiger partial charge in [0.15, 0.2) is 16.9 Å². The van der Waals surface area contributed by atoms with Gasteiger partial charge in [0.25, 0.3) is 25.8 Å². The molecule has 0 fully saturated rings. The number of carboxylic acids is 1. The van der Waals surface area contributed by atoms with Gasteiger partial charge in [-0.25, -0.2) is 14.5 Å². The van der Waals surface area contributed by atoms with E-state index in [1.54, 1.807) is 0 Å². The van der Waals surface area contributed by atoms with Crippen LogP contribution in [0.15, 0.2) is 68.2 Å². The Bertz CT molecular complexity index is 1980. The molecule has 0 spiro atoms. The summed E-state index contributed by atoms with van der Waals surface area (Å²) in [5.74, 6) is -1.67. The Morgan fingerprint density at radius 3 is 2.33 bits per heavy atom. The number of H-pyrrole nitrogens is 1. The van der Waals surface area contributed by atoms with E-state index in [1.165, 1.54) is 24.3 Å². The van der Waals surface area contributed by atoms with E-state index in [0.717, 1.165) is 24.4 Å². The summed E-state index contributed by atoms with van der Waals surface area (Å²) in [6, 6.07) is 8.00. The Labute approximate surface area is 232 Å². The highest BCUT2D eigenvalue weighted by molar-refractivity contribution is 7.86. The van der Waals surface area contributed by atoms with Crippen molar-refractivity contribution < 1.29 is 35.8 Å². The molecule has 0 radical (unpaired) electrons. The Kier molecular flexibility index (Phi) is 7.70. The Balaban J connectivity index is 1.84. The zero-order chi connectivity index (χ0) is 29.4. The molecule has 0 aliphatic heterocycles. The second-order valence-electron chi connectivity index (χ2n) is 7.53. The third-order valence-electron chi connectivity index (χ3n) is 4.98. The Morgan fingerprint density at radius 2 is 1.70 bits per heavy atom. The van der Waals surface area contributed by atoms with Crippen molar-refractivity contribution in [3.05, 3.63) is 75.2 Å². The summed E-state index contributed by atoms with van der Waals surface area (Å²) < 4.78 is 68.1.